The quantitative estimate of drug-likeness (QED) is 0.0261. The summed E-state index contributed by atoms with van der Waals surface area (Å²) in [5.74, 6) is -0.363. The van der Waals surface area contributed by atoms with E-state index < -0.39 is 27.3 Å². The van der Waals surface area contributed by atoms with E-state index in [0.717, 1.165) is 110 Å². The molecule has 147 heavy (non-hydrogen) atoms. The molecule has 2 fully saturated rings. The van der Waals surface area contributed by atoms with Gasteiger partial charge in [0.15, 0.2) is 28.9 Å². The molecule has 2 aliphatic heterocycles. The van der Waals surface area contributed by atoms with E-state index >= 15 is 0 Å². The van der Waals surface area contributed by atoms with E-state index in [4.69, 9.17) is 23.7 Å². The fourth-order valence-electron chi connectivity index (χ4n) is 20.6. The molecule has 35 nitrogen and oxygen atoms in total. The van der Waals surface area contributed by atoms with Crippen LogP contribution < -0.4 is 62.1 Å². The lowest BCUT2D eigenvalue weighted by Crippen LogP contribution is -2.44. The van der Waals surface area contributed by atoms with Crippen molar-refractivity contribution in [1.29, 1.82) is 0 Å². The molecular weight excluding hydrogens is 1890 g/mol. The van der Waals surface area contributed by atoms with Crippen molar-refractivity contribution in [3.05, 3.63) is 297 Å². The van der Waals surface area contributed by atoms with Crippen molar-refractivity contribution < 1.29 is 70.7 Å². The van der Waals surface area contributed by atoms with Gasteiger partial charge in [-0.2, -0.15) is 0 Å². The first-order valence-corrected chi connectivity index (χ1v) is 48.7. The van der Waals surface area contributed by atoms with Crippen LogP contribution in [-0.2, 0) is 32.7 Å². The minimum atomic E-state index is -0.545. The van der Waals surface area contributed by atoms with Gasteiger partial charge < -0.3 is 67.0 Å². The van der Waals surface area contributed by atoms with Crippen LogP contribution in [0, 0.1) is 37.7 Å². The molecule has 0 unspecified atom stereocenters. The van der Waals surface area contributed by atoms with Gasteiger partial charge in [0, 0.05) is 110 Å². The zero-order valence-corrected chi connectivity index (χ0v) is 82.0. The number of hydrogen-bond acceptors (Lipinski definition) is 28. The van der Waals surface area contributed by atoms with Crippen LogP contribution in [0.2, 0.25) is 0 Å². The van der Waals surface area contributed by atoms with Crippen LogP contribution in [-0.4, -0.2) is 198 Å². The van der Waals surface area contributed by atoms with Crippen molar-refractivity contribution in [2.45, 2.75) is 124 Å². The number of nitro benzene ring substituents is 2. The molecule has 7 aliphatic rings. The number of fused-ring (bicyclic) bond motifs is 25. The predicted molar refractivity (Wildman–Crippen MR) is 547 cm³/mol. The highest BCUT2D eigenvalue weighted by atomic mass is 19.1. The number of methoxy groups -OCH3 is 5. The van der Waals surface area contributed by atoms with E-state index in [1.54, 1.807) is 61.0 Å². The molecule has 5 aromatic carbocycles. The van der Waals surface area contributed by atoms with Gasteiger partial charge >= 0.3 is 0 Å². The Balaban J connectivity index is 0.000000121. The number of unbranched alkanes of at least 4 members (excludes halogenated alkanes) is 5. The number of pyridine rings is 10. The number of nitro groups is 2. The maximum atomic E-state index is 14.0. The first-order chi connectivity index (χ1) is 71.2. The summed E-state index contributed by atoms with van der Waals surface area (Å²) < 4.78 is 75.5. The molecule has 2 N–H and O–H groups in total. The fourth-order valence-corrected chi connectivity index (χ4v) is 20.6. The molecule has 38 heteroatoms. The van der Waals surface area contributed by atoms with E-state index in [0.29, 0.717) is 214 Å². The number of ketones is 5. The van der Waals surface area contributed by atoms with Gasteiger partial charge in [0.1, 0.15) is 46.2 Å². The Bertz CT molecular complexity index is 8310. The first-order valence-electron chi connectivity index (χ1n) is 48.7. The van der Waals surface area contributed by atoms with Crippen molar-refractivity contribution in [3.63, 3.8) is 0 Å². The van der Waals surface area contributed by atoms with Crippen LogP contribution in [0.3, 0.4) is 0 Å². The summed E-state index contributed by atoms with van der Waals surface area (Å²) in [5.41, 5.74) is 6.77. The molecule has 15 aromatic rings. The second-order valence-electron chi connectivity index (χ2n) is 36.5. The molecule has 12 heterocycles. The monoisotopic (exact) mass is 2000 g/mol. The van der Waals surface area contributed by atoms with Crippen LogP contribution in [0.1, 0.15) is 171 Å². The Labute approximate surface area is 836 Å². The summed E-state index contributed by atoms with van der Waals surface area (Å²) in [5, 5.41) is 32.1. The maximum Gasteiger partial charge on any atom is 0.270 e. The smallest absolute Gasteiger partial charge is 0.270 e. The Morgan fingerprint density at radius 2 is 0.585 bits per heavy atom. The number of piperazine rings is 1. The number of non-ortho nitro benzene ring substituents is 2. The van der Waals surface area contributed by atoms with Gasteiger partial charge in [0.2, 0.25) is 0 Å². The minimum Gasteiger partial charge on any atom is -0.495 e. The van der Waals surface area contributed by atoms with E-state index in [1.165, 1.54) is 163 Å². The van der Waals surface area contributed by atoms with Crippen LogP contribution in [0.5, 0.6) is 28.7 Å². The SMILES string of the molecule is CCCCCCn1c2c(c3ccc(F)cc3c1=O)C(=O)c1cc(OC)cnc1-2.CCCCCn1c2c(c3ccc([N+](=O)[O-])cc3c1=O)C(=O)c1cc(OC)cnc1-2.CNCCCn1c2c(c3ccc(F)cc3c1=O)C(=O)c1cc(OC)cnc1-2.COc1cnc2c(c1)C(=O)c1c-2n(CCCN2CCCC2)c(=O)c2cc([N+](=O)[O-])ccc12.COc1cnc2c(c1)C(=O)c1c-2n(CCCN2CCNCC2)c(=O)c2cc(F)ccc12. The molecule has 22 rings (SSSR count). The second kappa shape index (κ2) is 42.9. The number of benzene rings is 5. The molecule has 10 aromatic heterocycles. The lowest BCUT2D eigenvalue weighted by atomic mass is 10.0. The minimum absolute atomic E-state index is 0.169. The van der Waals surface area contributed by atoms with Crippen LogP contribution in [0.15, 0.2) is 176 Å². The summed E-state index contributed by atoms with van der Waals surface area (Å²) in [7, 11) is 9.35. The highest BCUT2D eigenvalue weighted by molar-refractivity contribution is 6.30. The third-order valence-corrected chi connectivity index (χ3v) is 27.8. The number of halogens is 3. The van der Waals surface area contributed by atoms with E-state index in [9.17, 15) is 81.3 Å². The molecule has 0 radical (unpaired) electrons. The highest BCUT2D eigenvalue weighted by Gasteiger charge is 2.42. The molecule has 0 spiro atoms. The van der Waals surface area contributed by atoms with Crippen molar-refractivity contribution in [2.75, 3.05) is 101 Å². The zero-order valence-electron chi connectivity index (χ0n) is 82.0. The Morgan fingerprint density at radius 1 is 0.327 bits per heavy atom. The summed E-state index contributed by atoms with van der Waals surface area (Å²) in [4.78, 5) is 181. The van der Waals surface area contributed by atoms with E-state index in [2.05, 4.69) is 59.2 Å². The Morgan fingerprint density at radius 3 is 0.864 bits per heavy atom. The van der Waals surface area contributed by atoms with Crippen LogP contribution in [0.4, 0.5) is 24.5 Å². The largest absolute Gasteiger partial charge is 0.495 e. The number of ether oxygens (including phenoxy) is 5. The first kappa shape index (κ1) is 101. The molecule has 2 saturated heterocycles. The summed E-state index contributed by atoms with van der Waals surface area (Å²) in [6.45, 7) is 14.7. The van der Waals surface area contributed by atoms with E-state index in [-0.39, 0.29) is 95.0 Å². The number of nitrogens with zero attached hydrogens (tertiary/aromatic N) is 14. The second-order valence-corrected chi connectivity index (χ2v) is 36.5. The van der Waals surface area contributed by atoms with Crippen molar-refractivity contribution in [1.82, 2.24) is 68.2 Å². The molecule has 5 aliphatic carbocycles. The Hall–Kier alpha value is -16.3. The highest BCUT2D eigenvalue weighted by Crippen LogP contribution is 2.47. The summed E-state index contributed by atoms with van der Waals surface area (Å²) in [6.07, 6.45) is 18.8. The molecule has 0 saturated carbocycles. The Kier molecular flexibility index (Phi) is 29.4. The normalized spacial score (nSPS) is 13.7. The average molecular weight is 2000 g/mol. The average Bonchev–Trinajstić information content (AvgIpc) is 1.59. The van der Waals surface area contributed by atoms with Crippen molar-refractivity contribution in [3.8, 4) is 85.7 Å². The van der Waals surface area contributed by atoms with Gasteiger partial charge in [-0.1, -0.05) is 64.2 Å². The number of aromatic nitrogens is 10. The lowest BCUT2D eigenvalue weighted by molar-refractivity contribution is -0.384. The van der Waals surface area contributed by atoms with Crippen LogP contribution >= 0.6 is 0 Å². The van der Waals surface area contributed by atoms with Gasteiger partial charge in [-0.3, -0.25) is 93.1 Å². The van der Waals surface area contributed by atoms with Gasteiger partial charge in [0.25, 0.3) is 39.2 Å². The van der Waals surface area contributed by atoms with Crippen molar-refractivity contribution in [2.24, 2.45) is 0 Å². The number of nitrogens with one attached hydrogen (secondary N) is 2. The molecule has 0 bridgehead atoms. The lowest BCUT2D eigenvalue weighted by Gasteiger charge is -2.27. The van der Waals surface area contributed by atoms with Crippen LogP contribution in [0.25, 0.3) is 111 Å². The topological polar surface area (TPSA) is 423 Å². The third kappa shape index (κ3) is 18.9. The van der Waals surface area contributed by atoms with E-state index in [1.807, 2.05) is 7.05 Å². The zero-order chi connectivity index (χ0) is 104. The van der Waals surface area contributed by atoms with Gasteiger partial charge in [-0.15, -0.1) is 0 Å². The molecular formula is C109H103F3N16O19. The number of hydrogen-bond donors (Lipinski definition) is 2. The number of rotatable bonds is 28. The number of carbonyl (C=O) groups excluding carboxylic acids is 5. The van der Waals surface area contributed by atoms with Crippen molar-refractivity contribution >= 4 is 94.2 Å². The standard InChI is InChI=1S/C23H23FN4O3.C23H22N4O5.C22H21FN2O3.C21H19N3O5.C20H18FN3O3/c1-31-15-12-18-20(26-13-15)21-19(22(18)29)16-4-3-14(24)11-17(16)23(30)28(21)8-2-7-27-9-5-25-6-10-27;1-32-15-12-18-20(24-13-15)21-19(22(18)28)16-6-5-14(27(30)31)11-17(16)23(29)26(21)10-4-9-25-7-2-3-8-25;1-3-4-5-6-9-25-20-18(15-8-7-13(23)10-16(15)22(25)27)21(26)17-11-14(28-2)12-24-19(17)20;1-3-4-5-8-23-19-17(20(25)16-10-13(29-2)11-22-18(16)19)14-7-6-12(24(27)28)9-15(14)21(23)26;1-22-6-3-7-24-18-16(13-5-4-11(21)8-14(13)20(24)26)19(25)15-9-12(27-2)10-23-17(15)18/h3-4,11-13,25H,2,5-10H2,1H3;5-6,11-13H,2-4,7-10H2,1H3;7-8,10-12H,3-6,9H2,1-2H3;6-7,9-11H,3-5,8H2,1-2H3;4-5,8-10,22H,3,6-7H2,1-2H3. The fraction of sp³-hybridized carbons (Fsp3) is 0.312. The summed E-state index contributed by atoms with van der Waals surface area (Å²) in [6, 6.07) is 28.2. The predicted octanol–water partition coefficient (Wildman–Crippen LogP) is 15.5. The van der Waals surface area contributed by atoms with Gasteiger partial charge in [-0.25, -0.2) is 13.2 Å². The number of likely N-dealkylation sites (tertiary alicyclic amines) is 1. The van der Waals surface area contributed by atoms with Gasteiger partial charge in [0.05, 0.1) is 216 Å². The maximum absolute atomic E-state index is 14.0. The molecule has 754 valence electrons. The number of carbonyl (C=O) groups is 5. The van der Waals surface area contributed by atoms with Gasteiger partial charge in [-0.05, 0) is 164 Å². The summed E-state index contributed by atoms with van der Waals surface area (Å²) >= 11 is 0. The molecule has 0 atom stereocenters. The third-order valence-electron chi connectivity index (χ3n) is 27.8. The molecule has 0 amide bonds.